The lowest BCUT2D eigenvalue weighted by atomic mass is 9.84. The lowest BCUT2D eigenvalue weighted by Crippen LogP contribution is -2.51. The molecule has 0 aliphatic carbocycles. The predicted molar refractivity (Wildman–Crippen MR) is 59.5 cm³/mol. The smallest absolute Gasteiger partial charge is 0.381 e. The Kier molecular flexibility index (Phi) is 5.52. The molecule has 1 fully saturated rings. The third-order valence-corrected chi connectivity index (χ3v) is 3.57. The molecule has 0 aromatic carbocycles. The second-order valence-electron chi connectivity index (χ2n) is 5.28. The number of rotatable bonds is 8. The second-order valence-corrected chi connectivity index (χ2v) is 5.28. The van der Waals surface area contributed by atoms with Gasteiger partial charge in [0.05, 0.1) is 19.8 Å². The molecule has 0 radical (unpaired) electrons. The van der Waals surface area contributed by atoms with Crippen LogP contribution >= 0.6 is 0 Å². The van der Waals surface area contributed by atoms with Gasteiger partial charge in [-0.25, -0.2) is 0 Å². The molecule has 1 rings (SSSR count). The molecule has 0 unspecified atom stereocenters. The minimum absolute atomic E-state index is 0.196. The topological polar surface area (TPSA) is 18.5 Å². The van der Waals surface area contributed by atoms with E-state index in [1.54, 1.807) is 0 Å². The standard InChI is InChI=1S/C12H17F7O2/c1-2-9(7-21-8-9)6-20-5-3-4-10(13,14)11(15,16)12(17,18)19/h2-8H2,1H3. The van der Waals surface area contributed by atoms with Gasteiger partial charge in [0.15, 0.2) is 0 Å². The van der Waals surface area contributed by atoms with Crippen molar-refractivity contribution in [2.45, 2.75) is 44.2 Å². The molecule has 1 saturated heterocycles. The molecule has 1 heterocycles. The van der Waals surface area contributed by atoms with Crippen molar-refractivity contribution in [3.63, 3.8) is 0 Å². The van der Waals surface area contributed by atoms with Gasteiger partial charge in [0.2, 0.25) is 0 Å². The quantitative estimate of drug-likeness (QED) is 0.495. The molecule has 1 aliphatic rings. The van der Waals surface area contributed by atoms with Crippen LogP contribution in [0.5, 0.6) is 0 Å². The third-order valence-electron chi connectivity index (χ3n) is 3.57. The highest BCUT2D eigenvalue weighted by Crippen LogP contribution is 2.48. The first-order valence-corrected chi connectivity index (χ1v) is 6.45. The van der Waals surface area contributed by atoms with Gasteiger partial charge in [-0.15, -0.1) is 0 Å². The zero-order valence-electron chi connectivity index (χ0n) is 11.4. The van der Waals surface area contributed by atoms with Crippen molar-refractivity contribution in [3.05, 3.63) is 0 Å². The van der Waals surface area contributed by atoms with E-state index in [-0.39, 0.29) is 18.6 Å². The highest BCUT2D eigenvalue weighted by atomic mass is 19.4. The third kappa shape index (κ3) is 4.00. The lowest BCUT2D eigenvalue weighted by Gasteiger charge is -2.40. The summed E-state index contributed by atoms with van der Waals surface area (Å²) in [6, 6.07) is 0. The maximum atomic E-state index is 13.0. The molecular weight excluding hydrogens is 309 g/mol. The van der Waals surface area contributed by atoms with E-state index in [0.717, 1.165) is 6.42 Å². The van der Waals surface area contributed by atoms with Crippen LogP contribution in [0.4, 0.5) is 30.7 Å². The number of hydrogen-bond donors (Lipinski definition) is 0. The summed E-state index contributed by atoms with van der Waals surface area (Å²) >= 11 is 0. The minimum atomic E-state index is -6.27. The van der Waals surface area contributed by atoms with Crippen LogP contribution in [0.2, 0.25) is 0 Å². The summed E-state index contributed by atoms with van der Waals surface area (Å²) in [6.45, 7) is 2.73. The zero-order chi connectivity index (χ0) is 16.4. The van der Waals surface area contributed by atoms with Gasteiger partial charge < -0.3 is 9.47 Å². The Morgan fingerprint density at radius 3 is 2.00 bits per heavy atom. The fourth-order valence-corrected chi connectivity index (χ4v) is 1.83. The molecule has 2 nitrogen and oxygen atoms in total. The molecule has 0 atom stereocenters. The van der Waals surface area contributed by atoms with E-state index in [1.165, 1.54) is 0 Å². The number of halogens is 7. The van der Waals surface area contributed by atoms with Gasteiger partial charge in [0, 0.05) is 18.4 Å². The lowest BCUT2D eigenvalue weighted by molar-refractivity contribution is -0.356. The van der Waals surface area contributed by atoms with Gasteiger partial charge in [0.25, 0.3) is 0 Å². The summed E-state index contributed by atoms with van der Waals surface area (Å²) in [5, 5.41) is 0. The van der Waals surface area contributed by atoms with Crippen molar-refractivity contribution < 1.29 is 40.2 Å². The van der Waals surface area contributed by atoms with Gasteiger partial charge in [-0.05, 0) is 12.8 Å². The van der Waals surface area contributed by atoms with Crippen LogP contribution in [0.15, 0.2) is 0 Å². The molecule has 0 N–H and O–H groups in total. The van der Waals surface area contributed by atoms with Gasteiger partial charge in [0.1, 0.15) is 0 Å². The second kappa shape index (κ2) is 6.28. The van der Waals surface area contributed by atoms with Crippen LogP contribution in [0.1, 0.15) is 26.2 Å². The van der Waals surface area contributed by atoms with Crippen molar-refractivity contribution in [3.8, 4) is 0 Å². The number of alkyl halides is 7. The van der Waals surface area contributed by atoms with E-state index in [9.17, 15) is 30.7 Å². The van der Waals surface area contributed by atoms with Crippen LogP contribution in [0.3, 0.4) is 0 Å². The maximum absolute atomic E-state index is 13.0. The fraction of sp³-hybridized carbons (Fsp3) is 1.00. The molecule has 0 aromatic heterocycles. The van der Waals surface area contributed by atoms with Crippen LogP contribution in [0.25, 0.3) is 0 Å². The van der Waals surface area contributed by atoms with E-state index in [1.807, 2.05) is 6.92 Å². The maximum Gasteiger partial charge on any atom is 0.459 e. The van der Waals surface area contributed by atoms with Gasteiger partial charge in [-0.3, -0.25) is 0 Å². The molecule has 0 bridgehead atoms. The van der Waals surface area contributed by atoms with Crippen molar-refractivity contribution in [1.29, 1.82) is 0 Å². The molecule has 0 spiro atoms. The summed E-state index contributed by atoms with van der Waals surface area (Å²) in [4.78, 5) is 0. The van der Waals surface area contributed by atoms with E-state index >= 15 is 0 Å². The highest BCUT2D eigenvalue weighted by molar-refractivity contribution is 4.91. The molecule has 21 heavy (non-hydrogen) atoms. The van der Waals surface area contributed by atoms with E-state index < -0.39 is 30.9 Å². The van der Waals surface area contributed by atoms with Crippen molar-refractivity contribution >= 4 is 0 Å². The summed E-state index contributed by atoms with van der Waals surface area (Å²) < 4.78 is 96.8. The van der Waals surface area contributed by atoms with Crippen molar-refractivity contribution in [2.24, 2.45) is 5.41 Å². The Bertz CT molecular complexity index is 331. The Labute approximate surface area is 117 Å². The average Bonchev–Trinajstić information content (AvgIpc) is 2.30. The predicted octanol–water partition coefficient (Wildman–Crippen LogP) is 4.04. The van der Waals surface area contributed by atoms with Gasteiger partial charge >= 0.3 is 18.0 Å². The minimum Gasteiger partial charge on any atom is -0.381 e. The first kappa shape index (κ1) is 18.5. The number of ether oxygens (including phenoxy) is 2. The van der Waals surface area contributed by atoms with E-state index in [4.69, 9.17) is 9.47 Å². The average molecular weight is 326 g/mol. The first-order valence-electron chi connectivity index (χ1n) is 6.45. The van der Waals surface area contributed by atoms with Crippen LogP contribution < -0.4 is 0 Å². The Morgan fingerprint density at radius 2 is 1.62 bits per heavy atom. The summed E-state index contributed by atoms with van der Waals surface area (Å²) in [7, 11) is 0. The van der Waals surface area contributed by atoms with Crippen LogP contribution in [0, 0.1) is 5.41 Å². The summed E-state index contributed by atoms with van der Waals surface area (Å²) in [5.74, 6) is -11.2. The van der Waals surface area contributed by atoms with Gasteiger partial charge in [-0.1, -0.05) is 6.92 Å². The Morgan fingerprint density at radius 1 is 1.05 bits per heavy atom. The van der Waals surface area contributed by atoms with Crippen molar-refractivity contribution in [2.75, 3.05) is 26.4 Å². The largest absolute Gasteiger partial charge is 0.459 e. The first-order chi connectivity index (χ1) is 9.47. The summed E-state index contributed by atoms with van der Waals surface area (Å²) in [6.07, 6.45) is -7.70. The molecule has 126 valence electrons. The fourth-order valence-electron chi connectivity index (χ4n) is 1.83. The number of hydrogen-bond acceptors (Lipinski definition) is 2. The monoisotopic (exact) mass is 326 g/mol. The SMILES string of the molecule is CCC1(COCCCC(F)(F)C(F)(F)C(F)(F)F)COC1. The Hall–Kier alpha value is -0.570. The summed E-state index contributed by atoms with van der Waals surface area (Å²) in [5.41, 5.74) is -0.196. The van der Waals surface area contributed by atoms with Gasteiger partial charge in [-0.2, -0.15) is 30.7 Å². The van der Waals surface area contributed by atoms with Crippen LogP contribution in [-0.4, -0.2) is 44.4 Å². The van der Waals surface area contributed by atoms with E-state index in [0.29, 0.717) is 13.2 Å². The highest BCUT2D eigenvalue weighted by Gasteiger charge is 2.72. The van der Waals surface area contributed by atoms with Crippen molar-refractivity contribution in [1.82, 2.24) is 0 Å². The normalized spacial score (nSPS) is 19.4. The molecule has 0 saturated carbocycles. The van der Waals surface area contributed by atoms with E-state index in [2.05, 4.69) is 0 Å². The zero-order valence-corrected chi connectivity index (χ0v) is 11.4. The molecule has 1 aliphatic heterocycles. The molecule has 0 aromatic rings. The molecule has 9 heteroatoms. The molecule has 0 amide bonds. The van der Waals surface area contributed by atoms with Crippen LogP contribution in [-0.2, 0) is 9.47 Å². The molecular formula is C12H17F7O2. The Balaban J connectivity index is 2.34.